The number of guanidine groups is 1. The van der Waals surface area contributed by atoms with Gasteiger partial charge in [-0.15, -0.1) is 24.0 Å². The Morgan fingerprint density at radius 3 is 2.48 bits per heavy atom. The molecule has 9 heteroatoms. The third kappa shape index (κ3) is 9.85. The lowest BCUT2D eigenvalue weighted by atomic mass is 10.1. The van der Waals surface area contributed by atoms with Crippen molar-refractivity contribution in [3.63, 3.8) is 0 Å². The fourth-order valence-electron chi connectivity index (χ4n) is 3.03. The van der Waals surface area contributed by atoms with Gasteiger partial charge in [0.05, 0.1) is 25.8 Å². The topological polar surface area (TPSA) is 96.9 Å². The number of rotatable bonds is 11. The molecular formula is C24H36IN5O3. The van der Waals surface area contributed by atoms with E-state index >= 15 is 0 Å². The van der Waals surface area contributed by atoms with Gasteiger partial charge in [-0.2, -0.15) is 0 Å². The second kappa shape index (κ2) is 15.3. The van der Waals surface area contributed by atoms with Crippen molar-refractivity contribution in [3.05, 3.63) is 47.7 Å². The Balaban J connectivity index is 0.00000544. The number of nitrogens with one attached hydrogen (secondary N) is 3. The fraction of sp³-hybridized carbons (Fsp3) is 0.458. The van der Waals surface area contributed by atoms with Crippen LogP contribution >= 0.6 is 24.0 Å². The first-order valence-corrected chi connectivity index (χ1v) is 11.1. The van der Waals surface area contributed by atoms with E-state index in [-0.39, 0.29) is 42.3 Å². The number of pyridine rings is 1. The van der Waals surface area contributed by atoms with Gasteiger partial charge < -0.3 is 25.4 Å². The standard InChI is InChI=1S/C24H35N5O3.HI/c1-6-25-24(26-15-14-23(30)29-22-11-9-10-17(4)27-22)28-18(5)19-12-13-20(31-7-2)21(16-19)32-8-3;/h9-13,16,18H,6-8,14-15H2,1-5H3,(H2,25,26,28)(H,27,29,30);1H. The number of aliphatic imine (C=N–C) groups is 1. The molecule has 0 bridgehead atoms. The molecule has 8 nitrogen and oxygen atoms in total. The molecule has 182 valence electrons. The number of anilines is 1. The molecule has 0 radical (unpaired) electrons. The predicted octanol–water partition coefficient (Wildman–Crippen LogP) is 4.45. The smallest absolute Gasteiger partial charge is 0.227 e. The van der Waals surface area contributed by atoms with Crippen LogP contribution in [0.4, 0.5) is 5.82 Å². The summed E-state index contributed by atoms with van der Waals surface area (Å²) >= 11 is 0. The molecule has 1 heterocycles. The molecule has 0 saturated heterocycles. The molecule has 0 aliphatic carbocycles. The highest BCUT2D eigenvalue weighted by atomic mass is 127. The minimum Gasteiger partial charge on any atom is -0.490 e. The maximum atomic E-state index is 12.2. The summed E-state index contributed by atoms with van der Waals surface area (Å²) in [6.07, 6.45) is 0.262. The first-order valence-electron chi connectivity index (χ1n) is 11.1. The highest BCUT2D eigenvalue weighted by molar-refractivity contribution is 14.0. The predicted molar refractivity (Wildman–Crippen MR) is 144 cm³/mol. The number of aryl methyl sites for hydroxylation is 1. The van der Waals surface area contributed by atoms with Crippen molar-refractivity contribution in [2.24, 2.45) is 4.99 Å². The van der Waals surface area contributed by atoms with Crippen molar-refractivity contribution >= 4 is 41.7 Å². The van der Waals surface area contributed by atoms with Crippen molar-refractivity contribution in [1.29, 1.82) is 0 Å². The van der Waals surface area contributed by atoms with Crippen LogP contribution in [0.5, 0.6) is 11.5 Å². The lowest BCUT2D eigenvalue weighted by Gasteiger charge is -2.20. The van der Waals surface area contributed by atoms with Crippen LogP contribution in [-0.4, -0.2) is 43.2 Å². The van der Waals surface area contributed by atoms with E-state index in [1.807, 2.05) is 65.0 Å². The number of carbonyl (C=O) groups excluding carboxylic acids is 1. The van der Waals surface area contributed by atoms with Crippen molar-refractivity contribution in [3.8, 4) is 11.5 Å². The summed E-state index contributed by atoms with van der Waals surface area (Å²) < 4.78 is 11.4. The van der Waals surface area contributed by atoms with E-state index in [2.05, 4.69) is 25.9 Å². The maximum Gasteiger partial charge on any atom is 0.227 e. The van der Waals surface area contributed by atoms with E-state index in [9.17, 15) is 4.79 Å². The summed E-state index contributed by atoms with van der Waals surface area (Å²) in [4.78, 5) is 21.0. The highest BCUT2D eigenvalue weighted by Crippen LogP contribution is 2.30. The molecule has 0 aliphatic heterocycles. The van der Waals surface area contributed by atoms with Crippen LogP contribution in [0.15, 0.2) is 41.4 Å². The van der Waals surface area contributed by atoms with Crippen molar-refractivity contribution < 1.29 is 14.3 Å². The van der Waals surface area contributed by atoms with Gasteiger partial charge in [0.25, 0.3) is 0 Å². The van der Waals surface area contributed by atoms with Crippen LogP contribution in [0.3, 0.4) is 0 Å². The molecule has 1 aromatic heterocycles. The van der Waals surface area contributed by atoms with Gasteiger partial charge in [-0.3, -0.25) is 9.79 Å². The lowest BCUT2D eigenvalue weighted by molar-refractivity contribution is -0.116. The van der Waals surface area contributed by atoms with Crippen LogP contribution in [0.2, 0.25) is 0 Å². The SMILES string of the molecule is CCNC(=NCCC(=O)Nc1cccc(C)n1)NC(C)c1ccc(OCC)c(OCC)c1.I. The molecular weight excluding hydrogens is 533 g/mol. The Hall–Kier alpha value is -2.56. The Morgan fingerprint density at radius 2 is 1.82 bits per heavy atom. The van der Waals surface area contributed by atoms with Crippen LogP contribution < -0.4 is 25.4 Å². The zero-order valence-electron chi connectivity index (χ0n) is 20.1. The van der Waals surface area contributed by atoms with Crippen molar-refractivity contribution in [1.82, 2.24) is 15.6 Å². The van der Waals surface area contributed by atoms with Gasteiger partial charge >= 0.3 is 0 Å². The second-order valence-electron chi connectivity index (χ2n) is 7.16. The number of aromatic nitrogens is 1. The van der Waals surface area contributed by atoms with Gasteiger partial charge in [-0.25, -0.2) is 4.98 Å². The minimum absolute atomic E-state index is 0. The molecule has 1 unspecified atom stereocenters. The molecule has 3 N–H and O–H groups in total. The van der Waals surface area contributed by atoms with E-state index in [1.54, 1.807) is 6.07 Å². The van der Waals surface area contributed by atoms with Gasteiger partial charge in [0, 0.05) is 18.7 Å². The summed E-state index contributed by atoms with van der Waals surface area (Å²) in [6.45, 7) is 12.1. The van der Waals surface area contributed by atoms with Gasteiger partial charge in [-0.1, -0.05) is 12.1 Å². The molecule has 33 heavy (non-hydrogen) atoms. The number of amides is 1. The lowest BCUT2D eigenvalue weighted by Crippen LogP contribution is -2.39. The molecule has 0 aliphatic rings. The minimum atomic E-state index is -0.122. The van der Waals surface area contributed by atoms with Gasteiger partial charge in [-0.05, 0) is 64.4 Å². The number of hydrogen-bond acceptors (Lipinski definition) is 5. The van der Waals surface area contributed by atoms with Crippen LogP contribution in [0, 0.1) is 6.92 Å². The molecule has 1 aromatic carbocycles. The fourth-order valence-corrected chi connectivity index (χ4v) is 3.03. The summed E-state index contributed by atoms with van der Waals surface area (Å²) in [5, 5.41) is 9.41. The molecule has 0 saturated carbocycles. The zero-order valence-corrected chi connectivity index (χ0v) is 22.4. The summed E-state index contributed by atoms with van der Waals surface area (Å²) in [5.74, 6) is 2.54. The maximum absolute atomic E-state index is 12.2. The first kappa shape index (κ1) is 28.5. The number of nitrogens with zero attached hydrogens (tertiary/aromatic N) is 2. The second-order valence-corrected chi connectivity index (χ2v) is 7.16. The van der Waals surface area contributed by atoms with E-state index in [0.717, 1.165) is 22.8 Å². The summed E-state index contributed by atoms with van der Waals surface area (Å²) in [6, 6.07) is 11.4. The number of ether oxygens (including phenoxy) is 2. The van der Waals surface area contributed by atoms with Crippen molar-refractivity contribution in [2.75, 3.05) is 31.6 Å². The van der Waals surface area contributed by atoms with E-state index in [1.165, 1.54) is 0 Å². The average Bonchev–Trinajstić information content (AvgIpc) is 2.75. The third-order valence-electron chi connectivity index (χ3n) is 4.53. The molecule has 2 aromatic rings. The molecule has 1 atom stereocenters. The molecule has 1 amide bonds. The van der Waals surface area contributed by atoms with Crippen LogP contribution in [0.1, 0.15) is 51.4 Å². The Bertz CT molecular complexity index is 907. The van der Waals surface area contributed by atoms with Gasteiger partial charge in [0.2, 0.25) is 5.91 Å². The normalized spacial score (nSPS) is 11.7. The molecule has 0 fully saturated rings. The van der Waals surface area contributed by atoms with Gasteiger partial charge in [0.15, 0.2) is 17.5 Å². The van der Waals surface area contributed by atoms with Crippen LogP contribution in [-0.2, 0) is 4.79 Å². The highest BCUT2D eigenvalue weighted by Gasteiger charge is 2.13. The van der Waals surface area contributed by atoms with Gasteiger partial charge in [0.1, 0.15) is 5.82 Å². The molecule has 0 spiro atoms. The van der Waals surface area contributed by atoms with E-state index in [0.29, 0.717) is 38.1 Å². The Kier molecular flexibility index (Phi) is 13.2. The number of carbonyl (C=O) groups is 1. The average molecular weight is 569 g/mol. The van der Waals surface area contributed by atoms with Crippen molar-refractivity contribution in [2.45, 2.75) is 47.1 Å². The Labute approximate surface area is 214 Å². The quantitative estimate of drug-likeness (QED) is 0.210. The monoisotopic (exact) mass is 569 g/mol. The molecule has 2 rings (SSSR count). The van der Waals surface area contributed by atoms with E-state index < -0.39 is 0 Å². The van der Waals surface area contributed by atoms with Crippen LogP contribution in [0.25, 0.3) is 0 Å². The Morgan fingerprint density at radius 1 is 1.09 bits per heavy atom. The third-order valence-corrected chi connectivity index (χ3v) is 4.53. The summed E-state index contributed by atoms with van der Waals surface area (Å²) in [7, 11) is 0. The first-order chi connectivity index (χ1) is 15.5. The number of halogens is 1. The largest absolute Gasteiger partial charge is 0.490 e. The number of hydrogen-bond donors (Lipinski definition) is 3. The van der Waals surface area contributed by atoms with E-state index in [4.69, 9.17) is 9.47 Å². The zero-order chi connectivity index (χ0) is 23.3. The summed E-state index contributed by atoms with van der Waals surface area (Å²) in [5.41, 5.74) is 1.90. The number of benzene rings is 1.